The number of aliphatic carboxylic acids is 1. The topological polar surface area (TPSA) is 87.5 Å². The lowest BCUT2D eigenvalue weighted by molar-refractivity contribution is -0.143. The van der Waals surface area contributed by atoms with Crippen LogP contribution in [0.3, 0.4) is 0 Å². The molecule has 0 aliphatic carbocycles. The molecular formula is C14H22N4O3. The van der Waals surface area contributed by atoms with Crippen molar-refractivity contribution in [1.82, 2.24) is 20.0 Å². The number of carboxylic acids is 1. The maximum Gasteiger partial charge on any atom is 0.317 e. The standard InChI is InChI=1S/C14H22N4O3/c1-3-12-11(8-17(2)16-12)7-15-14(21)18-6-4-5-10(9-18)13(19)20/h8,10H,3-7,9H2,1-2H3,(H,15,21)(H,19,20)/t10-/m0/s1. The molecule has 7 heteroatoms. The molecule has 21 heavy (non-hydrogen) atoms. The Morgan fingerprint density at radius 2 is 2.29 bits per heavy atom. The maximum atomic E-state index is 12.1. The Balaban J connectivity index is 1.90. The van der Waals surface area contributed by atoms with Crippen LogP contribution >= 0.6 is 0 Å². The Hall–Kier alpha value is -2.05. The van der Waals surface area contributed by atoms with Gasteiger partial charge in [-0.05, 0) is 19.3 Å². The van der Waals surface area contributed by atoms with E-state index in [9.17, 15) is 9.59 Å². The zero-order valence-corrected chi connectivity index (χ0v) is 12.5. The van der Waals surface area contributed by atoms with Crippen molar-refractivity contribution in [2.24, 2.45) is 13.0 Å². The van der Waals surface area contributed by atoms with Crippen LogP contribution in [0.4, 0.5) is 4.79 Å². The van der Waals surface area contributed by atoms with Crippen molar-refractivity contribution >= 4 is 12.0 Å². The van der Waals surface area contributed by atoms with Gasteiger partial charge in [0, 0.05) is 38.4 Å². The summed E-state index contributed by atoms with van der Waals surface area (Å²) in [5.41, 5.74) is 1.97. The van der Waals surface area contributed by atoms with Gasteiger partial charge in [0.2, 0.25) is 0 Å². The summed E-state index contributed by atoms with van der Waals surface area (Å²) in [7, 11) is 1.85. The molecule has 0 bridgehead atoms. The summed E-state index contributed by atoms with van der Waals surface area (Å²) in [5.74, 6) is -1.28. The van der Waals surface area contributed by atoms with Crippen molar-refractivity contribution in [3.05, 3.63) is 17.5 Å². The third-order valence-corrected chi connectivity index (χ3v) is 3.81. The van der Waals surface area contributed by atoms with Crippen LogP contribution in [0.2, 0.25) is 0 Å². The number of carbonyl (C=O) groups is 2. The highest BCUT2D eigenvalue weighted by atomic mass is 16.4. The molecule has 2 heterocycles. The number of nitrogens with one attached hydrogen (secondary N) is 1. The number of aromatic nitrogens is 2. The lowest BCUT2D eigenvalue weighted by atomic mass is 9.99. The summed E-state index contributed by atoms with van der Waals surface area (Å²) < 4.78 is 1.74. The number of nitrogens with zero attached hydrogens (tertiary/aromatic N) is 3. The highest BCUT2D eigenvalue weighted by molar-refractivity contribution is 5.76. The van der Waals surface area contributed by atoms with Gasteiger partial charge in [0.15, 0.2) is 0 Å². The lowest BCUT2D eigenvalue weighted by Gasteiger charge is -2.30. The molecule has 116 valence electrons. The molecule has 1 fully saturated rings. The monoisotopic (exact) mass is 294 g/mol. The minimum absolute atomic E-state index is 0.202. The van der Waals surface area contributed by atoms with Crippen molar-refractivity contribution in [2.75, 3.05) is 13.1 Å². The van der Waals surface area contributed by atoms with Gasteiger partial charge < -0.3 is 15.3 Å². The van der Waals surface area contributed by atoms with Crippen molar-refractivity contribution in [3.63, 3.8) is 0 Å². The second-order valence-corrected chi connectivity index (χ2v) is 5.41. The van der Waals surface area contributed by atoms with Crippen molar-refractivity contribution in [1.29, 1.82) is 0 Å². The van der Waals surface area contributed by atoms with Crippen LogP contribution in [0.15, 0.2) is 6.20 Å². The number of aryl methyl sites for hydroxylation is 2. The van der Waals surface area contributed by atoms with Gasteiger partial charge in [0.1, 0.15) is 0 Å². The molecule has 0 unspecified atom stereocenters. The van der Waals surface area contributed by atoms with Crippen molar-refractivity contribution in [3.8, 4) is 0 Å². The summed E-state index contributed by atoms with van der Waals surface area (Å²) in [6.07, 6.45) is 4.09. The fourth-order valence-electron chi connectivity index (χ4n) is 2.67. The average molecular weight is 294 g/mol. The number of carbonyl (C=O) groups excluding carboxylic acids is 1. The first kappa shape index (κ1) is 15.3. The third kappa shape index (κ3) is 3.74. The smallest absolute Gasteiger partial charge is 0.317 e. The number of amides is 2. The second-order valence-electron chi connectivity index (χ2n) is 5.41. The molecule has 2 amide bonds. The Labute approximate surface area is 123 Å². The molecule has 2 N–H and O–H groups in total. The summed E-state index contributed by atoms with van der Waals surface area (Å²) in [4.78, 5) is 24.7. The number of hydrogen-bond donors (Lipinski definition) is 2. The molecule has 0 radical (unpaired) electrons. The first-order chi connectivity index (χ1) is 10.0. The van der Waals surface area contributed by atoms with Crippen molar-refractivity contribution < 1.29 is 14.7 Å². The average Bonchev–Trinajstić information content (AvgIpc) is 2.85. The van der Waals surface area contributed by atoms with Gasteiger partial charge in [-0.2, -0.15) is 5.10 Å². The lowest BCUT2D eigenvalue weighted by Crippen LogP contribution is -2.46. The van der Waals surface area contributed by atoms with Crippen LogP contribution in [0.1, 0.15) is 31.0 Å². The SMILES string of the molecule is CCc1nn(C)cc1CNC(=O)N1CCC[C@H](C(=O)O)C1. The number of urea groups is 1. The number of hydrogen-bond acceptors (Lipinski definition) is 3. The molecule has 0 aromatic carbocycles. The maximum absolute atomic E-state index is 12.1. The Morgan fingerprint density at radius 1 is 1.52 bits per heavy atom. The van der Waals surface area contributed by atoms with E-state index in [0.717, 1.165) is 24.1 Å². The first-order valence-electron chi connectivity index (χ1n) is 7.28. The van der Waals surface area contributed by atoms with Gasteiger partial charge in [0.25, 0.3) is 0 Å². The Morgan fingerprint density at radius 3 is 2.95 bits per heavy atom. The summed E-state index contributed by atoms with van der Waals surface area (Å²) in [5, 5.41) is 16.2. The van der Waals surface area contributed by atoms with E-state index < -0.39 is 11.9 Å². The normalized spacial score (nSPS) is 18.6. The van der Waals surface area contributed by atoms with E-state index in [1.54, 1.807) is 9.58 Å². The third-order valence-electron chi connectivity index (χ3n) is 3.81. The van der Waals surface area contributed by atoms with Gasteiger partial charge in [-0.15, -0.1) is 0 Å². The molecule has 2 rings (SSSR count). The van der Waals surface area contributed by atoms with Crippen LogP contribution in [-0.2, 0) is 24.8 Å². The van der Waals surface area contributed by atoms with Crippen LogP contribution in [0, 0.1) is 5.92 Å². The van der Waals surface area contributed by atoms with E-state index in [0.29, 0.717) is 19.5 Å². The highest BCUT2D eigenvalue weighted by Crippen LogP contribution is 2.16. The molecule has 7 nitrogen and oxygen atoms in total. The molecule has 1 aliphatic rings. The summed E-state index contributed by atoms with van der Waals surface area (Å²) >= 11 is 0. The van der Waals surface area contributed by atoms with Gasteiger partial charge in [-0.1, -0.05) is 6.92 Å². The molecule has 0 spiro atoms. The van der Waals surface area contributed by atoms with Crippen LogP contribution in [0.25, 0.3) is 0 Å². The predicted molar refractivity (Wildman–Crippen MR) is 76.8 cm³/mol. The van der Waals surface area contributed by atoms with Crippen molar-refractivity contribution in [2.45, 2.75) is 32.7 Å². The molecule has 1 saturated heterocycles. The Kier molecular flexibility index (Phi) is 4.82. The fraction of sp³-hybridized carbons (Fsp3) is 0.643. The van der Waals surface area contributed by atoms with Gasteiger partial charge in [-0.25, -0.2) is 4.79 Å². The van der Waals surface area contributed by atoms with E-state index in [4.69, 9.17) is 5.11 Å². The summed E-state index contributed by atoms with van der Waals surface area (Å²) in [6.45, 7) is 3.35. The van der Waals surface area contributed by atoms with Gasteiger partial charge >= 0.3 is 12.0 Å². The van der Waals surface area contributed by atoms with Gasteiger partial charge in [-0.3, -0.25) is 9.48 Å². The number of likely N-dealkylation sites (tertiary alicyclic amines) is 1. The minimum atomic E-state index is -0.826. The quantitative estimate of drug-likeness (QED) is 0.867. The van der Waals surface area contributed by atoms with Crippen LogP contribution < -0.4 is 5.32 Å². The molecule has 0 saturated carbocycles. The molecule has 1 atom stereocenters. The zero-order valence-electron chi connectivity index (χ0n) is 12.5. The van der Waals surface area contributed by atoms with E-state index >= 15 is 0 Å². The molecular weight excluding hydrogens is 272 g/mol. The van der Waals surface area contributed by atoms with Crippen LogP contribution in [-0.4, -0.2) is 44.9 Å². The van der Waals surface area contributed by atoms with E-state index in [1.807, 2.05) is 20.2 Å². The number of rotatable bonds is 4. The fourth-order valence-corrected chi connectivity index (χ4v) is 2.67. The first-order valence-corrected chi connectivity index (χ1v) is 7.28. The Bertz CT molecular complexity index is 526. The molecule has 1 aromatic rings. The minimum Gasteiger partial charge on any atom is -0.481 e. The van der Waals surface area contributed by atoms with Gasteiger partial charge in [0.05, 0.1) is 11.6 Å². The molecule has 1 aliphatic heterocycles. The zero-order chi connectivity index (χ0) is 15.4. The number of carboxylic acid groups (broad SMARTS) is 1. The van der Waals surface area contributed by atoms with Crippen LogP contribution in [0.5, 0.6) is 0 Å². The van der Waals surface area contributed by atoms with E-state index in [2.05, 4.69) is 10.4 Å². The largest absolute Gasteiger partial charge is 0.481 e. The second kappa shape index (κ2) is 6.60. The summed E-state index contributed by atoms with van der Waals surface area (Å²) in [6, 6.07) is -0.202. The van der Waals surface area contributed by atoms with E-state index in [-0.39, 0.29) is 12.6 Å². The predicted octanol–water partition coefficient (Wildman–Crippen LogP) is 0.989. The highest BCUT2D eigenvalue weighted by Gasteiger charge is 2.28. The molecule has 1 aromatic heterocycles. The number of piperidine rings is 1. The van der Waals surface area contributed by atoms with E-state index in [1.165, 1.54) is 0 Å².